The SMILES string of the molecule is CC(C)N(C(=O)Cn1cnc2cc(F)c(F)cc21)C(C)C. The summed E-state index contributed by atoms with van der Waals surface area (Å²) in [6.07, 6.45) is 1.43. The summed E-state index contributed by atoms with van der Waals surface area (Å²) >= 11 is 0. The van der Waals surface area contributed by atoms with Gasteiger partial charge in [-0.1, -0.05) is 0 Å². The Morgan fingerprint density at radius 1 is 1.19 bits per heavy atom. The van der Waals surface area contributed by atoms with Crippen molar-refractivity contribution in [1.82, 2.24) is 14.5 Å². The Morgan fingerprint density at radius 3 is 2.33 bits per heavy atom. The molecule has 2 aromatic rings. The van der Waals surface area contributed by atoms with Crippen LogP contribution in [0.4, 0.5) is 8.78 Å². The highest BCUT2D eigenvalue weighted by Gasteiger charge is 2.21. The van der Waals surface area contributed by atoms with E-state index >= 15 is 0 Å². The molecule has 0 atom stereocenters. The van der Waals surface area contributed by atoms with E-state index in [9.17, 15) is 13.6 Å². The first-order chi connectivity index (χ1) is 9.81. The Morgan fingerprint density at radius 2 is 1.76 bits per heavy atom. The van der Waals surface area contributed by atoms with Gasteiger partial charge in [-0.2, -0.15) is 0 Å². The van der Waals surface area contributed by atoms with Gasteiger partial charge in [0.2, 0.25) is 5.91 Å². The monoisotopic (exact) mass is 295 g/mol. The summed E-state index contributed by atoms with van der Waals surface area (Å²) in [6, 6.07) is 2.25. The van der Waals surface area contributed by atoms with Gasteiger partial charge in [0.25, 0.3) is 0 Å². The Labute approximate surface area is 122 Å². The number of nitrogens with zero attached hydrogens (tertiary/aromatic N) is 3. The maximum absolute atomic E-state index is 13.3. The highest BCUT2D eigenvalue weighted by atomic mass is 19.2. The number of amides is 1. The molecule has 0 radical (unpaired) electrons. The number of carbonyl (C=O) groups excluding carboxylic acids is 1. The van der Waals surface area contributed by atoms with Crippen molar-refractivity contribution in [3.05, 3.63) is 30.1 Å². The van der Waals surface area contributed by atoms with Gasteiger partial charge in [-0.3, -0.25) is 4.79 Å². The molecule has 0 saturated heterocycles. The van der Waals surface area contributed by atoms with Crippen LogP contribution in [0.1, 0.15) is 27.7 Å². The second-order valence-corrected chi connectivity index (χ2v) is 5.62. The lowest BCUT2D eigenvalue weighted by Crippen LogP contribution is -2.43. The topological polar surface area (TPSA) is 38.1 Å². The van der Waals surface area contributed by atoms with Crippen LogP contribution in [0.15, 0.2) is 18.5 Å². The first-order valence-corrected chi connectivity index (χ1v) is 6.92. The van der Waals surface area contributed by atoms with Crippen LogP contribution in [0.2, 0.25) is 0 Å². The largest absolute Gasteiger partial charge is 0.336 e. The second kappa shape index (κ2) is 5.79. The van der Waals surface area contributed by atoms with Crippen molar-refractivity contribution in [2.45, 2.75) is 46.3 Å². The smallest absolute Gasteiger partial charge is 0.243 e. The molecule has 0 unspecified atom stereocenters. The normalized spacial score (nSPS) is 11.6. The molecule has 0 aliphatic rings. The molecule has 0 N–H and O–H groups in total. The first-order valence-electron chi connectivity index (χ1n) is 6.92. The average molecular weight is 295 g/mol. The Bertz CT molecular complexity index is 656. The number of halogens is 2. The van der Waals surface area contributed by atoms with E-state index in [0.717, 1.165) is 12.1 Å². The van der Waals surface area contributed by atoms with Gasteiger partial charge in [0.05, 0.1) is 17.4 Å². The zero-order valence-electron chi connectivity index (χ0n) is 12.6. The molecule has 21 heavy (non-hydrogen) atoms. The zero-order chi connectivity index (χ0) is 15.7. The number of fused-ring (bicyclic) bond motifs is 1. The van der Waals surface area contributed by atoms with Crippen LogP contribution >= 0.6 is 0 Å². The Kier molecular flexibility index (Phi) is 4.25. The molecule has 0 saturated carbocycles. The van der Waals surface area contributed by atoms with Gasteiger partial charge >= 0.3 is 0 Å². The Balaban J connectivity index is 2.31. The Hall–Kier alpha value is -1.98. The van der Waals surface area contributed by atoms with Crippen molar-refractivity contribution in [2.75, 3.05) is 0 Å². The van der Waals surface area contributed by atoms with Crippen molar-refractivity contribution < 1.29 is 13.6 Å². The van der Waals surface area contributed by atoms with E-state index in [0.29, 0.717) is 11.0 Å². The van der Waals surface area contributed by atoms with Crippen LogP contribution in [-0.4, -0.2) is 32.4 Å². The van der Waals surface area contributed by atoms with Crippen LogP contribution in [-0.2, 0) is 11.3 Å². The number of benzene rings is 1. The summed E-state index contributed by atoms with van der Waals surface area (Å²) < 4.78 is 28.0. The van der Waals surface area contributed by atoms with Crippen molar-refractivity contribution in [3.8, 4) is 0 Å². The van der Waals surface area contributed by atoms with E-state index in [-0.39, 0.29) is 24.5 Å². The van der Waals surface area contributed by atoms with Gasteiger partial charge in [0, 0.05) is 24.2 Å². The lowest BCUT2D eigenvalue weighted by atomic mass is 10.2. The van der Waals surface area contributed by atoms with E-state index in [1.807, 2.05) is 27.7 Å². The summed E-state index contributed by atoms with van der Waals surface area (Å²) in [5.74, 6) is -1.96. The number of hydrogen-bond donors (Lipinski definition) is 0. The molecule has 4 nitrogen and oxygen atoms in total. The second-order valence-electron chi connectivity index (χ2n) is 5.62. The molecule has 1 aromatic carbocycles. The summed E-state index contributed by atoms with van der Waals surface area (Å²) in [7, 11) is 0. The van der Waals surface area contributed by atoms with E-state index in [1.54, 1.807) is 4.90 Å². The predicted octanol–water partition coefficient (Wildman–Crippen LogP) is 2.96. The molecule has 1 amide bonds. The first kappa shape index (κ1) is 15.4. The molecule has 0 bridgehead atoms. The van der Waals surface area contributed by atoms with Gasteiger partial charge in [0.1, 0.15) is 6.54 Å². The number of imidazole rings is 1. The van der Waals surface area contributed by atoms with Crippen molar-refractivity contribution in [3.63, 3.8) is 0 Å². The van der Waals surface area contributed by atoms with Gasteiger partial charge < -0.3 is 9.47 Å². The van der Waals surface area contributed by atoms with Gasteiger partial charge in [-0.25, -0.2) is 13.8 Å². The third kappa shape index (κ3) is 3.04. The summed E-state index contributed by atoms with van der Waals surface area (Å²) in [5.41, 5.74) is 0.747. The number of hydrogen-bond acceptors (Lipinski definition) is 2. The van der Waals surface area contributed by atoms with Crippen LogP contribution in [0, 0.1) is 11.6 Å². The van der Waals surface area contributed by atoms with E-state index in [4.69, 9.17) is 0 Å². The molecular formula is C15H19F2N3O. The van der Waals surface area contributed by atoms with Crippen molar-refractivity contribution in [2.24, 2.45) is 0 Å². The molecule has 0 spiro atoms. The van der Waals surface area contributed by atoms with E-state index in [1.165, 1.54) is 10.9 Å². The molecule has 1 aromatic heterocycles. The quantitative estimate of drug-likeness (QED) is 0.869. The van der Waals surface area contributed by atoms with E-state index in [2.05, 4.69) is 4.98 Å². The standard InChI is InChI=1S/C15H19F2N3O/c1-9(2)20(10(3)4)15(21)7-19-8-18-13-5-11(16)12(17)6-14(13)19/h5-6,8-10H,7H2,1-4H3. The summed E-state index contributed by atoms with van der Waals surface area (Å²) in [6.45, 7) is 7.83. The van der Waals surface area contributed by atoms with Gasteiger partial charge in [-0.15, -0.1) is 0 Å². The number of aromatic nitrogens is 2. The number of carbonyl (C=O) groups is 1. The van der Waals surface area contributed by atoms with Crippen LogP contribution in [0.3, 0.4) is 0 Å². The highest BCUT2D eigenvalue weighted by Crippen LogP contribution is 2.18. The molecule has 0 fully saturated rings. The molecule has 6 heteroatoms. The van der Waals surface area contributed by atoms with Crippen molar-refractivity contribution in [1.29, 1.82) is 0 Å². The fourth-order valence-corrected chi connectivity index (χ4v) is 2.58. The minimum Gasteiger partial charge on any atom is -0.336 e. The fraction of sp³-hybridized carbons (Fsp3) is 0.467. The van der Waals surface area contributed by atoms with Crippen LogP contribution in [0.5, 0.6) is 0 Å². The minimum atomic E-state index is -0.943. The van der Waals surface area contributed by atoms with Crippen molar-refractivity contribution >= 4 is 16.9 Å². The van der Waals surface area contributed by atoms with Gasteiger partial charge in [-0.05, 0) is 27.7 Å². The summed E-state index contributed by atoms with van der Waals surface area (Å²) in [5, 5.41) is 0. The third-order valence-electron chi connectivity index (χ3n) is 3.37. The third-order valence-corrected chi connectivity index (χ3v) is 3.37. The lowest BCUT2D eigenvalue weighted by Gasteiger charge is -2.31. The molecule has 1 heterocycles. The fourth-order valence-electron chi connectivity index (χ4n) is 2.58. The average Bonchev–Trinajstić information content (AvgIpc) is 2.71. The molecule has 2 rings (SSSR count). The van der Waals surface area contributed by atoms with Crippen LogP contribution < -0.4 is 0 Å². The number of rotatable bonds is 4. The van der Waals surface area contributed by atoms with E-state index < -0.39 is 11.6 Å². The molecular weight excluding hydrogens is 276 g/mol. The maximum atomic E-state index is 13.3. The minimum absolute atomic E-state index is 0.0535. The molecule has 0 aliphatic carbocycles. The van der Waals surface area contributed by atoms with Gasteiger partial charge in [0.15, 0.2) is 11.6 Å². The molecule has 0 aliphatic heterocycles. The maximum Gasteiger partial charge on any atom is 0.243 e. The molecule has 114 valence electrons. The zero-order valence-corrected chi connectivity index (χ0v) is 12.6. The predicted molar refractivity (Wildman–Crippen MR) is 76.8 cm³/mol. The lowest BCUT2D eigenvalue weighted by molar-refractivity contribution is -0.135. The summed E-state index contributed by atoms with van der Waals surface area (Å²) in [4.78, 5) is 18.2. The highest BCUT2D eigenvalue weighted by molar-refractivity contribution is 5.81. The van der Waals surface area contributed by atoms with Crippen LogP contribution in [0.25, 0.3) is 11.0 Å².